The molecule has 0 aliphatic heterocycles. The molecule has 1 N–H and O–H groups in total. The third kappa shape index (κ3) is 6.02. The Balaban J connectivity index is 2.29. The Morgan fingerprint density at radius 3 is 2.32 bits per heavy atom. The molecule has 0 saturated heterocycles. The summed E-state index contributed by atoms with van der Waals surface area (Å²) in [6.07, 6.45) is 0.0427. The summed E-state index contributed by atoms with van der Waals surface area (Å²) in [5, 5.41) is 4.45. The quantitative estimate of drug-likeness (QED) is 0.600. The van der Waals surface area contributed by atoms with Gasteiger partial charge < -0.3 is 10.2 Å². The van der Waals surface area contributed by atoms with Gasteiger partial charge in [0.05, 0.1) is 16.5 Å². The second-order valence-corrected chi connectivity index (χ2v) is 7.91. The van der Waals surface area contributed by atoms with Gasteiger partial charge in [0.1, 0.15) is 6.04 Å². The molecule has 0 heterocycles. The first kappa shape index (κ1) is 22.8. The van der Waals surface area contributed by atoms with Crippen LogP contribution in [0.5, 0.6) is 0 Å². The minimum Gasteiger partial charge on any atom is -0.355 e. The van der Waals surface area contributed by atoms with Crippen molar-refractivity contribution in [2.45, 2.75) is 32.9 Å². The second kappa shape index (κ2) is 10.4. The van der Waals surface area contributed by atoms with Crippen LogP contribution < -0.4 is 5.32 Å². The first-order chi connectivity index (χ1) is 13.2. The summed E-state index contributed by atoms with van der Waals surface area (Å²) in [5.41, 5.74) is 1.40. The van der Waals surface area contributed by atoms with Crippen molar-refractivity contribution in [3.63, 3.8) is 0 Å². The molecule has 0 bridgehead atoms. The zero-order valence-electron chi connectivity index (χ0n) is 15.4. The van der Waals surface area contributed by atoms with Gasteiger partial charge in [-0.1, -0.05) is 58.5 Å². The van der Waals surface area contributed by atoms with Crippen molar-refractivity contribution >= 4 is 58.2 Å². The van der Waals surface area contributed by atoms with Gasteiger partial charge in [-0.2, -0.15) is 0 Å². The minimum absolute atomic E-state index is 0.0427. The van der Waals surface area contributed by atoms with E-state index in [0.717, 1.165) is 5.56 Å². The summed E-state index contributed by atoms with van der Waals surface area (Å²) in [5.74, 6) is -0.479. The topological polar surface area (TPSA) is 49.4 Å². The van der Waals surface area contributed by atoms with Crippen LogP contribution in [0.15, 0.2) is 36.4 Å². The molecule has 28 heavy (non-hydrogen) atoms. The molecule has 2 amide bonds. The van der Waals surface area contributed by atoms with Crippen LogP contribution in [0.3, 0.4) is 0 Å². The maximum atomic E-state index is 13.1. The molecule has 1 atom stereocenters. The van der Waals surface area contributed by atoms with Crippen molar-refractivity contribution in [3.05, 3.63) is 67.6 Å². The molecule has 150 valence electrons. The van der Waals surface area contributed by atoms with Gasteiger partial charge in [0, 0.05) is 23.1 Å². The van der Waals surface area contributed by atoms with Crippen molar-refractivity contribution in [2.24, 2.45) is 0 Å². The molecule has 0 saturated carbocycles. The number of hydrogen-bond donors (Lipinski definition) is 1. The summed E-state index contributed by atoms with van der Waals surface area (Å²) in [7, 11) is 0. The summed E-state index contributed by atoms with van der Waals surface area (Å²) in [4.78, 5) is 26.9. The highest BCUT2D eigenvalue weighted by atomic mass is 35.5. The Morgan fingerprint density at radius 1 is 1.00 bits per heavy atom. The Hall–Kier alpha value is -1.46. The molecule has 2 aromatic carbocycles. The fourth-order valence-corrected chi connectivity index (χ4v) is 3.46. The zero-order chi connectivity index (χ0) is 20.8. The van der Waals surface area contributed by atoms with Crippen LogP contribution in [0, 0.1) is 0 Å². The van der Waals surface area contributed by atoms with Crippen molar-refractivity contribution in [1.82, 2.24) is 10.2 Å². The minimum atomic E-state index is -0.673. The first-order valence-electron chi connectivity index (χ1n) is 8.68. The molecule has 0 aliphatic carbocycles. The van der Waals surface area contributed by atoms with Gasteiger partial charge in [-0.15, -0.1) is 0 Å². The molecular formula is C20H20Cl4N2O2. The lowest BCUT2D eigenvalue weighted by molar-refractivity contribution is -0.140. The number of nitrogens with one attached hydrogen (secondary N) is 1. The number of carbonyl (C=O) groups excluding carboxylic acids is 2. The largest absolute Gasteiger partial charge is 0.355 e. The van der Waals surface area contributed by atoms with Crippen LogP contribution in [0.1, 0.15) is 25.0 Å². The number of likely N-dealkylation sites (N-methyl/N-ethyl adjacent to an activating group) is 1. The van der Waals surface area contributed by atoms with Gasteiger partial charge >= 0.3 is 0 Å². The maximum absolute atomic E-state index is 13.1. The van der Waals surface area contributed by atoms with Crippen molar-refractivity contribution in [2.75, 3.05) is 6.54 Å². The smallest absolute Gasteiger partial charge is 0.242 e. The lowest BCUT2D eigenvalue weighted by Crippen LogP contribution is -2.48. The van der Waals surface area contributed by atoms with Crippen molar-refractivity contribution < 1.29 is 9.59 Å². The average molecular weight is 462 g/mol. The highest BCUT2D eigenvalue weighted by molar-refractivity contribution is 6.42. The summed E-state index contributed by atoms with van der Waals surface area (Å²) in [6.45, 7) is 4.19. The van der Waals surface area contributed by atoms with Gasteiger partial charge in [0.2, 0.25) is 11.8 Å². The third-order valence-corrected chi connectivity index (χ3v) is 5.54. The van der Waals surface area contributed by atoms with E-state index < -0.39 is 6.04 Å². The fourth-order valence-electron chi connectivity index (χ4n) is 2.67. The van der Waals surface area contributed by atoms with E-state index >= 15 is 0 Å². The van der Waals surface area contributed by atoms with Crippen LogP contribution in [-0.2, 0) is 22.6 Å². The number of nitrogens with zero attached hydrogens (tertiary/aromatic N) is 1. The van der Waals surface area contributed by atoms with E-state index in [9.17, 15) is 9.59 Å². The van der Waals surface area contributed by atoms with E-state index in [0.29, 0.717) is 32.2 Å². The van der Waals surface area contributed by atoms with Gasteiger partial charge in [0.15, 0.2) is 0 Å². The number of amides is 2. The van der Waals surface area contributed by atoms with Gasteiger partial charge in [-0.05, 0) is 49.2 Å². The SMILES string of the molecule is CCNC(=O)C(C)N(Cc1ccc(Cl)c(Cl)c1)C(=O)Cc1ccc(Cl)cc1Cl. The molecule has 2 aromatic rings. The predicted molar refractivity (Wildman–Crippen MR) is 115 cm³/mol. The van der Waals surface area contributed by atoms with Gasteiger partial charge in [0.25, 0.3) is 0 Å². The number of halogens is 4. The molecule has 0 fully saturated rings. The number of rotatable bonds is 7. The molecular weight excluding hydrogens is 442 g/mol. The molecule has 2 rings (SSSR count). The third-order valence-electron chi connectivity index (χ3n) is 4.21. The Kier molecular flexibility index (Phi) is 8.44. The predicted octanol–water partition coefficient (Wildman–Crippen LogP) is 5.40. The van der Waals surface area contributed by atoms with Gasteiger partial charge in [-0.25, -0.2) is 0 Å². The van der Waals surface area contributed by atoms with Crippen LogP contribution in [0.25, 0.3) is 0 Å². The number of hydrogen-bond acceptors (Lipinski definition) is 2. The summed E-state index contributed by atoms with van der Waals surface area (Å²) in [6, 6.07) is 9.41. The van der Waals surface area contributed by atoms with Crippen molar-refractivity contribution in [3.8, 4) is 0 Å². The molecule has 4 nitrogen and oxygen atoms in total. The molecule has 1 unspecified atom stereocenters. The number of carbonyl (C=O) groups is 2. The van der Waals surface area contributed by atoms with Crippen LogP contribution in [0.4, 0.5) is 0 Å². The Bertz CT molecular complexity index is 873. The molecule has 0 aliphatic rings. The molecule has 0 aromatic heterocycles. The van der Waals surface area contributed by atoms with Crippen molar-refractivity contribution in [1.29, 1.82) is 0 Å². The fraction of sp³-hybridized carbons (Fsp3) is 0.300. The second-order valence-electron chi connectivity index (χ2n) is 6.25. The lowest BCUT2D eigenvalue weighted by atomic mass is 10.1. The highest BCUT2D eigenvalue weighted by Crippen LogP contribution is 2.25. The van der Waals surface area contributed by atoms with Crippen LogP contribution in [0.2, 0.25) is 20.1 Å². The van der Waals surface area contributed by atoms with E-state index in [2.05, 4.69) is 5.32 Å². The summed E-state index contributed by atoms with van der Waals surface area (Å²) < 4.78 is 0. The van der Waals surface area contributed by atoms with E-state index in [1.54, 1.807) is 43.3 Å². The van der Waals surface area contributed by atoms with E-state index in [-0.39, 0.29) is 24.8 Å². The Morgan fingerprint density at radius 2 is 1.71 bits per heavy atom. The van der Waals surface area contributed by atoms with Crippen LogP contribution in [-0.4, -0.2) is 29.3 Å². The monoisotopic (exact) mass is 460 g/mol. The zero-order valence-corrected chi connectivity index (χ0v) is 18.5. The molecule has 0 spiro atoms. The molecule has 8 heteroatoms. The normalized spacial score (nSPS) is 11.8. The first-order valence-corrected chi connectivity index (χ1v) is 10.2. The number of benzene rings is 2. The average Bonchev–Trinajstić information content (AvgIpc) is 2.64. The van der Waals surface area contributed by atoms with E-state index in [1.165, 1.54) is 4.90 Å². The maximum Gasteiger partial charge on any atom is 0.242 e. The Labute approximate surface area is 184 Å². The standard InChI is InChI=1S/C20H20Cl4N2O2/c1-3-25-20(28)12(2)26(11-13-4-7-16(22)18(24)8-13)19(27)9-14-5-6-15(21)10-17(14)23/h4-8,10,12H,3,9,11H2,1-2H3,(H,25,28). The molecule has 0 radical (unpaired) electrons. The van der Waals surface area contributed by atoms with E-state index in [1.807, 2.05) is 6.92 Å². The van der Waals surface area contributed by atoms with E-state index in [4.69, 9.17) is 46.4 Å². The summed E-state index contributed by atoms with van der Waals surface area (Å²) >= 11 is 24.2. The van der Waals surface area contributed by atoms with Crippen LogP contribution >= 0.6 is 46.4 Å². The van der Waals surface area contributed by atoms with Gasteiger partial charge in [-0.3, -0.25) is 9.59 Å². The highest BCUT2D eigenvalue weighted by Gasteiger charge is 2.26. The lowest BCUT2D eigenvalue weighted by Gasteiger charge is -2.29.